The van der Waals surface area contributed by atoms with Crippen LogP contribution >= 0.6 is 0 Å². The second-order valence-corrected chi connectivity index (χ2v) is 7.52. The van der Waals surface area contributed by atoms with E-state index in [1.165, 1.54) is 6.33 Å². The van der Waals surface area contributed by atoms with E-state index >= 15 is 0 Å². The molecule has 0 radical (unpaired) electrons. The Bertz CT molecular complexity index is 927. The third-order valence-electron chi connectivity index (χ3n) is 5.34. The van der Waals surface area contributed by atoms with E-state index in [2.05, 4.69) is 32.2 Å². The standard InChI is InChI=1S/C20H26N6O2/c1-14(5-6-17-4-3-11-28-17)23-19(27)16-7-9-25(10-8-16)18-12-15(2)24-20-21-13-22-26(18)20/h3-4,11-14,16H,5-10H2,1-2H3,(H,23,27)/t14-/m0/s1. The topological polar surface area (TPSA) is 88.6 Å². The van der Waals surface area contributed by atoms with E-state index in [1.807, 2.05) is 25.1 Å². The maximum atomic E-state index is 12.6. The second kappa shape index (κ2) is 8.00. The van der Waals surface area contributed by atoms with Crippen LogP contribution in [-0.4, -0.2) is 44.6 Å². The van der Waals surface area contributed by atoms with E-state index in [4.69, 9.17) is 4.42 Å². The van der Waals surface area contributed by atoms with Crippen molar-refractivity contribution in [1.82, 2.24) is 24.9 Å². The number of fused-ring (bicyclic) bond motifs is 1. The molecule has 0 aliphatic carbocycles. The van der Waals surface area contributed by atoms with Crippen LogP contribution in [0.1, 0.15) is 37.6 Å². The number of anilines is 1. The minimum Gasteiger partial charge on any atom is -0.469 e. The number of carbonyl (C=O) groups is 1. The highest BCUT2D eigenvalue weighted by Gasteiger charge is 2.27. The molecule has 1 aliphatic rings. The van der Waals surface area contributed by atoms with Gasteiger partial charge in [0.25, 0.3) is 5.78 Å². The van der Waals surface area contributed by atoms with Gasteiger partial charge in [0.2, 0.25) is 5.91 Å². The van der Waals surface area contributed by atoms with Gasteiger partial charge in [-0.3, -0.25) is 4.79 Å². The van der Waals surface area contributed by atoms with Crippen LogP contribution < -0.4 is 10.2 Å². The minimum atomic E-state index is 0.0523. The van der Waals surface area contributed by atoms with Crippen LogP contribution in [0.5, 0.6) is 0 Å². The molecule has 8 nitrogen and oxygen atoms in total. The number of hydrogen-bond donors (Lipinski definition) is 1. The lowest BCUT2D eigenvalue weighted by Crippen LogP contribution is -2.43. The molecule has 0 bridgehead atoms. The zero-order valence-corrected chi connectivity index (χ0v) is 16.3. The lowest BCUT2D eigenvalue weighted by molar-refractivity contribution is -0.126. The number of carbonyl (C=O) groups excluding carboxylic acids is 1. The molecule has 4 rings (SSSR count). The third kappa shape index (κ3) is 4.00. The van der Waals surface area contributed by atoms with Crippen LogP contribution in [0.25, 0.3) is 5.78 Å². The van der Waals surface area contributed by atoms with E-state index in [1.54, 1.807) is 10.8 Å². The van der Waals surface area contributed by atoms with Gasteiger partial charge in [-0.25, -0.2) is 4.98 Å². The summed E-state index contributed by atoms with van der Waals surface area (Å²) < 4.78 is 7.13. The summed E-state index contributed by atoms with van der Waals surface area (Å²) in [7, 11) is 0. The highest BCUT2D eigenvalue weighted by atomic mass is 16.3. The summed E-state index contributed by atoms with van der Waals surface area (Å²) in [6, 6.07) is 6.02. The first kappa shape index (κ1) is 18.5. The lowest BCUT2D eigenvalue weighted by Gasteiger charge is -2.33. The first-order valence-corrected chi connectivity index (χ1v) is 9.85. The Hall–Kier alpha value is -2.90. The molecule has 0 saturated carbocycles. The molecule has 28 heavy (non-hydrogen) atoms. The molecule has 1 aliphatic heterocycles. The molecule has 4 heterocycles. The summed E-state index contributed by atoms with van der Waals surface area (Å²) >= 11 is 0. The van der Waals surface area contributed by atoms with Crippen molar-refractivity contribution in [3.8, 4) is 0 Å². The number of aryl methyl sites for hydroxylation is 2. The summed E-state index contributed by atoms with van der Waals surface area (Å²) in [4.78, 5) is 23.5. The Morgan fingerprint density at radius 2 is 2.21 bits per heavy atom. The number of furan rings is 1. The normalized spacial score (nSPS) is 16.4. The maximum absolute atomic E-state index is 12.6. The van der Waals surface area contributed by atoms with Gasteiger partial charge in [-0.05, 0) is 45.2 Å². The molecular formula is C20H26N6O2. The van der Waals surface area contributed by atoms with Gasteiger partial charge in [-0.2, -0.15) is 14.6 Å². The molecule has 0 spiro atoms. The quantitative estimate of drug-likeness (QED) is 0.704. The van der Waals surface area contributed by atoms with Gasteiger partial charge < -0.3 is 14.6 Å². The lowest BCUT2D eigenvalue weighted by atomic mass is 9.95. The Kier molecular flexibility index (Phi) is 5.27. The zero-order chi connectivity index (χ0) is 19.5. The van der Waals surface area contributed by atoms with Crippen LogP contribution in [0, 0.1) is 12.8 Å². The molecule has 148 valence electrons. The van der Waals surface area contributed by atoms with Crippen LogP contribution in [0.2, 0.25) is 0 Å². The van der Waals surface area contributed by atoms with Crippen molar-refractivity contribution in [2.45, 2.75) is 45.6 Å². The van der Waals surface area contributed by atoms with Gasteiger partial charge in [0, 0.05) is 43.2 Å². The van der Waals surface area contributed by atoms with Crippen molar-refractivity contribution in [2.24, 2.45) is 5.92 Å². The van der Waals surface area contributed by atoms with Crippen molar-refractivity contribution < 1.29 is 9.21 Å². The predicted octanol–water partition coefficient (Wildman–Crippen LogP) is 2.38. The predicted molar refractivity (Wildman–Crippen MR) is 105 cm³/mol. The maximum Gasteiger partial charge on any atom is 0.254 e. The Morgan fingerprint density at radius 1 is 1.39 bits per heavy atom. The first-order chi connectivity index (χ1) is 13.6. The zero-order valence-electron chi connectivity index (χ0n) is 16.3. The molecule has 8 heteroatoms. The Morgan fingerprint density at radius 3 is 2.96 bits per heavy atom. The molecule has 1 N–H and O–H groups in total. The molecule has 1 saturated heterocycles. The summed E-state index contributed by atoms with van der Waals surface area (Å²) in [5.74, 6) is 2.77. The molecule has 3 aromatic heterocycles. The highest BCUT2D eigenvalue weighted by Crippen LogP contribution is 2.24. The average Bonchev–Trinajstić information content (AvgIpc) is 3.37. The number of rotatable bonds is 6. The average molecular weight is 382 g/mol. The van der Waals surface area contributed by atoms with Gasteiger partial charge in [0.1, 0.15) is 17.9 Å². The number of nitrogens with zero attached hydrogens (tertiary/aromatic N) is 5. The molecule has 3 aromatic rings. The number of hydrogen-bond acceptors (Lipinski definition) is 6. The van der Waals surface area contributed by atoms with Crippen LogP contribution in [-0.2, 0) is 11.2 Å². The van der Waals surface area contributed by atoms with Gasteiger partial charge in [-0.15, -0.1) is 0 Å². The molecular weight excluding hydrogens is 356 g/mol. The van der Waals surface area contributed by atoms with E-state index in [0.29, 0.717) is 5.78 Å². The van der Waals surface area contributed by atoms with Crippen LogP contribution in [0.3, 0.4) is 0 Å². The second-order valence-electron chi connectivity index (χ2n) is 7.52. The third-order valence-corrected chi connectivity index (χ3v) is 5.34. The molecule has 1 amide bonds. The van der Waals surface area contributed by atoms with E-state index in [9.17, 15) is 4.79 Å². The Labute approximate surface area is 164 Å². The van der Waals surface area contributed by atoms with Crippen molar-refractivity contribution in [3.63, 3.8) is 0 Å². The monoisotopic (exact) mass is 382 g/mol. The van der Waals surface area contributed by atoms with Gasteiger partial charge in [-0.1, -0.05) is 0 Å². The van der Waals surface area contributed by atoms with Crippen LogP contribution in [0.4, 0.5) is 5.82 Å². The fraction of sp³-hybridized carbons (Fsp3) is 0.500. The number of nitrogens with one attached hydrogen (secondary N) is 1. The molecule has 1 fully saturated rings. The smallest absolute Gasteiger partial charge is 0.254 e. The largest absolute Gasteiger partial charge is 0.469 e. The van der Waals surface area contributed by atoms with Crippen LogP contribution in [0.15, 0.2) is 35.2 Å². The highest BCUT2D eigenvalue weighted by molar-refractivity contribution is 5.79. The van der Waals surface area contributed by atoms with Gasteiger partial charge in [0.05, 0.1) is 6.26 Å². The van der Waals surface area contributed by atoms with E-state index in [0.717, 1.165) is 56.0 Å². The summed E-state index contributed by atoms with van der Waals surface area (Å²) in [6.45, 7) is 5.65. The Balaban J connectivity index is 1.31. The fourth-order valence-electron chi connectivity index (χ4n) is 3.75. The number of piperidine rings is 1. The van der Waals surface area contributed by atoms with E-state index in [-0.39, 0.29) is 17.9 Å². The number of amides is 1. The van der Waals surface area contributed by atoms with Crippen molar-refractivity contribution in [2.75, 3.05) is 18.0 Å². The molecule has 0 aromatic carbocycles. The van der Waals surface area contributed by atoms with E-state index < -0.39 is 0 Å². The summed E-state index contributed by atoms with van der Waals surface area (Å²) in [6.07, 6.45) is 6.57. The SMILES string of the molecule is Cc1cc(N2CCC(C(=O)N[C@@H](C)CCc3ccco3)CC2)n2ncnc2n1. The van der Waals surface area contributed by atoms with Gasteiger partial charge in [0.15, 0.2) is 0 Å². The van der Waals surface area contributed by atoms with Crippen molar-refractivity contribution in [3.05, 3.63) is 42.2 Å². The summed E-state index contributed by atoms with van der Waals surface area (Å²) in [5.41, 5.74) is 0.917. The summed E-state index contributed by atoms with van der Waals surface area (Å²) in [5, 5.41) is 7.45. The minimum absolute atomic E-state index is 0.0523. The molecule has 1 atom stereocenters. The molecule has 0 unspecified atom stereocenters. The number of aromatic nitrogens is 4. The first-order valence-electron chi connectivity index (χ1n) is 9.85. The van der Waals surface area contributed by atoms with Crippen molar-refractivity contribution in [1.29, 1.82) is 0 Å². The fourth-order valence-corrected chi connectivity index (χ4v) is 3.75. The van der Waals surface area contributed by atoms with Gasteiger partial charge >= 0.3 is 0 Å². The van der Waals surface area contributed by atoms with Crippen molar-refractivity contribution >= 4 is 17.5 Å².